The van der Waals surface area contributed by atoms with Gasteiger partial charge < -0.3 is 84.6 Å². The van der Waals surface area contributed by atoms with Gasteiger partial charge in [-0.2, -0.15) is 0 Å². The number of hydrogen-bond acceptors (Lipinski definition) is 17. The molecule has 3 aliphatic rings. The highest BCUT2D eigenvalue weighted by atomic mass is 35.5. The Morgan fingerprint density at radius 1 is 0.750 bits per heavy atom. The van der Waals surface area contributed by atoms with Crippen LogP contribution >= 0.6 is 12.4 Å². The molecule has 4 heterocycles. The molecular weight excluding hydrogens is 1220 g/mol. The van der Waals surface area contributed by atoms with E-state index in [-0.39, 0.29) is 107 Å². The van der Waals surface area contributed by atoms with Crippen LogP contribution in [0.5, 0.6) is 5.75 Å². The number of nitrogens with two attached hydrogens (primary N) is 3. The zero-order chi connectivity index (χ0) is 66.5. The summed E-state index contributed by atoms with van der Waals surface area (Å²) in [5, 5.41) is 42.8. The number of H-pyrrole nitrogens is 1. The molecule has 10 unspecified atom stereocenters. The summed E-state index contributed by atoms with van der Waals surface area (Å²) in [6.45, 7) is 7.28. The summed E-state index contributed by atoms with van der Waals surface area (Å²) in [5.41, 5.74) is 21.1. The Bertz CT molecular complexity index is 3190. The number of aliphatic imine (C=N–C) groups is 3. The van der Waals surface area contributed by atoms with Crippen molar-refractivity contribution >= 4 is 107 Å². The van der Waals surface area contributed by atoms with Crippen LogP contribution in [0.1, 0.15) is 97.1 Å². The van der Waals surface area contributed by atoms with Crippen molar-refractivity contribution in [2.45, 2.75) is 165 Å². The lowest BCUT2D eigenvalue weighted by molar-refractivity contribution is -0.142. The standard InChI is InChI=1S/C59H84N18O14.ClH/c1-31(2)22-40(49(82)68-39(12-8-20-64-57(60)61)56(89)77-21-9-13-46(77)55(88)75-76-58(62)90)69-54(87)45(29-91-59(3,4)5)74-50(83)41(23-32-14-16-35(79)17-15-32)70-53(86)44(28-78)73-51(84)42(24-33-26-65-37-11-7-6-10-36(33)37)71-52(85)43(25-34-27-63-30-66-34)72-48(81)38-18-19-47(80)67-38;/h6-7,10-11,14-17,26-27,30-31,34,38-46,65,78-79H,8-9,12-13,18-25,28-29H2,1-5H3,(H,67,80)(H,68,82)(H,69,87)(H,70,86)(H,71,85)(H,72,81)(H,73,84)(H,74,83)(H,75,88)(H4,60,61,64)(H3,62,76,90);1H. The lowest BCUT2D eigenvalue weighted by Gasteiger charge is -2.31. The molecule has 0 spiro atoms. The third-order valence-corrected chi connectivity index (χ3v) is 14.9. The van der Waals surface area contributed by atoms with Gasteiger partial charge in [-0.1, -0.05) is 44.2 Å². The predicted molar refractivity (Wildman–Crippen MR) is 339 cm³/mol. The molecule has 12 amide bonds. The van der Waals surface area contributed by atoms with Gasteiger partial charge >= 0.3 is 6.03 Å². The van der Waals surface area contributed by atoms with E-state index in [0.29, 0.717) is 28.5 Å². The number of nitrogens with one attached hydrogen (secondary N) is 11. The number of phenolic OH excluding ortho intramolecular Hbond substituents is 1. The van der Waals surface area contributed by atoms with Crippen molar-refractivity contribution in [3.8, 4) is 5.75 Å². The summed E-state index contributed by atoms with van der Waals surface area (Å²) in [7, 11) is 0. The molecule has 3 aliphatic heterocycles. The Balaban J connectivity index is 0.0000154. The van der Waals surface area contributed by atoms with Crippen LogP contribution < -0.4 is 70.6 Å². The van der Waals surface area contributed by atoms with Crippen molar-refractivity contribution in [2.24, 2.45) is 38.1 Å². The number of nitrogens with zero attached hydrogens (tertiary/aromatic N) is 4. The van der Waals surface area contributed by atoms with Crippen LogP contribution in [0, 0.1) is 5.92 Å². The van der Waals surface area contributed by atoms with Crippen molar-refractivity contribution in [3.05, 3.63) is 65.9 Å². The second-order valence-electron chi connectivity index (χ2n) is 23.7. The Kier molecular flexibility index (Phi) is 27.6. The number of aromatic nitrogens is 1. The topological polar surface area (TPSA) is 492 Å². The zero-order valence-corrected chi connectivity index (χ0v) is 52.6. The average Bonchev–Trinajstić information content (AvgIpc) is 1.64. The number of aliphatic hydroxyl groups excluding tert-OH is 1. The SMILES string of the molecule is CC(C)CC(NC(=O)C(COC(C)(C)C)NC(=O)C(Cc1ccc(O)cc1)NC(=O)C(CO)NC(=O)C(Cc1c[nH]c2ccccc12)NC(=O)C(CC1C=NC=N1)NC(=O)C1CCC(=O)N1)C(=O)NC(CCCN=C(N)N)C(=O)N1CCCC1C(=O)NNC(N)=O.Cl. The van der Waals surface area contributed by atoms with E-state index in [2.05, 4.69) is 67.9 Å². The number of carbonyl (C=O) groups excluding carboxylic acids is 11. The van der Waals surface area contributed by atoms with Crippen molar-refractivity contribution in [1.82, 2.24) is 63.3 Å². The molecule has 1 aromatic heterocycles. The number of rotatable bonds is 31. The minimum Gasteiger partial charge on any atom is -0.508 e. The highest BCUT2D eigenvalue weighted by molar-refractivity contribution is 6.00. The molecule has 0 aliphatic carbocycles. The Labute approximate surface area is 536 Å². The van der Waals surface area contributed by atoms with E-state index in [0.717, 1.165) is 0 Å². The minimum atomic E-state index is -1.80. The van der Waals surface area contributed by atoms with Crippen LogP contribution in [0.3, 0.4) is 0 Å². The maximum atomic E-state index is 14.8. The maximum Gasteiger partial charge on any atom is 0.330 e. The summed E-state index contributed by atoms with van der Waals surface area (Å²) in [5.74, 6) is -8.59. The number of benzene rings is 2. The molecule has 6 rings (SSSR count). The van der Waals surface area contributed by atoms with Crippen LogP contribution in [-0.2, 0) is 65.5 Å². The third-order valence-electron chi connectivity index (χ3n) is 14.9. The van der Waals surface area contributed by atoms with Gasteiger partial charge in [0.25, 0.3) is 5.91 Å². The van der Waals surface area contributed by atoms with Gasteiger partial charge in [0.2, 0.25) is 53.2 Å². The maximum absolute atomic E-state index is 14.8. The van der Waals surface area contributed by atoms with E-state index >= 15 is 0 Å². The zero-order valence-electron chi connectivity index (χ0n) is 51.8. The minimum absolute atomic E-state index is 0. The van der Waals surface area contributed by atoms with Gasteiger partial charge in [-0.15, -0.1) is 12.4 Å². The van der Waals surface area contributed by atoms with Gasteiger partial charge in [0, 0.05) is 62.1 Å². The Morgan fingerprint density at radius 3 is 1.98 bits per heavy atom. The summed E-state index contributed by atoms with van der Waals surface area (Å²) >= 11 is 0. The van der Waals surface area contributed by atoms with E-state index in [1.807, 2.05) is 5.43 Å². The van der Waals surface area contributed by atoms with Crippen LogP contribution in [0.4, 0.5) is 4.79 Å². The van der Waals surface area contributed by atoms with Crippen LogP contribution in [0.2, 0.25) is 0 Å². The third kappa shape index (κ3) is 22.5. The fraction of sp³-hybridized carbons (Fsp3) is 0.525. The number of guanidine groups is 1. The number of para-hydroxylation sites is 1. The number of hydrazine groups is 1. The van der Waals surface area contributed by atoms with E-state index in [1.165, 1.54) is 41.7 Å². The largest absolute Gasteiger partial charge is 0.508 e. The van der Waals surface area contributed by atoms with Gasteiger partial charge in [0.15, 0.2) is 5.96 Å². The number of halogens is 1. The molecule has 0 bridgehead atoms. The van der Waals surface area contributed by atoms with E-state index < -0.39 is 138 Å². The number of phenols is 1. The molecule has 3 aromatic rings. The van der Waals surface area contributed by atoms with Crippen LogP contribution in [-0.4, -0.2) is 196 Å². The van der Waals surface area contributed by atoms with Crippen LogP contribution in [0.15, 0.2) is 69.7 Å². The molecule has 32 nitrogen and oxygen atoms in total. The smallest absolute Gasteiger partial charge is 0.330 e. The first-order valence-corrected chi connectivity index (χ1v) is 29.9. The molecule has 0 radical (unpaired) electrons. The molecule has 10 atom stereocenters. The first kappa shape index (κ1) is 73.3. The summed E-state index contributed by atoms with van der Waals surface area (Å²) in [4.78, 5) is 168. The molecule has 33 heteroatoms. The first-order valence-electron chi connectivity index (χ1n) is 29.9. The highest BCUT2D eigenvalue weighted by Crippen LogP contribution is 2.23. The second kappa shape index (κ2) is 34.7. The van der Waals surface area contributed by atoms with E-state index in [4.69, 9.17) is 21.9 Å². The Hall–Kier alpha value is -9.43. The summed E-state index contributed by atoms with van der Waals surface area (Å²) in [6.07, 6.45) is 4.87. The molecule has 2 aromatic carbocycles. The predicted octanol–water partition coefficient (Wildman–Crippen LogP) is -2.78. The number of likely N-dealkylation sites (tertiary alicyclic amines) is 1. The van der Waals surface area contributed by atoms with Crippen LogP contribution in [0.25, 0.3) is 10.9 Å². The second-order valence-corrected chi connectivity index (χ2v) is 23.7. The number of fused-ring (bicyclic) bond motifs is 1. The molecule has 19 N–H and O–H groups in total. The molecule has 92 heavy (non-hydrogen) atoms. The number of hydrogen-bond donors (Lipinski definition) is 16. The van der Waals surface area contributed by atoms with Crippen molar-refractivity contribution in [3.63, 3.8) is 0 Å². The molecule has 2 saturated heterocycles. The van der Waals surface area contributed by atoms with Gasteiger partial charge in [0.1, 0.15) is 66.5 Å². The average molecular weight is 1310 g/mol. The first-order chi connectivity index (χ1) is 43.2. The lowest BCUT2D eigenvalue weighted by Crippen LogP contribution is -2.62. The number of urea groups is 1. The number of aromatic hydroxyl groups is 1. The fourth-order valence-corrected chi connectivity index (χ4v) is 10.3. The molecule has 502 valence electrons. The number of aliphatic hydroxyl groups is 1. The highest BCUT2D eigenvalue weighted by Gasteiger charge is 2.40. The number of carbonyl (C=O) groups is 11. The number of amides is 12. The van der Waals surface area contributed by atoms with E-state index in [1.54, 1.807) is 65.1 Å². The number of primary amides is 1. The monoisotopic (exact) mass is 1300 g/mol. The van der Waals surface area contributed by atoms with Crippen molar-refractivity contribution in [1.29, 1.82) is 0 Å². The normalized spacial score (nSPS) is 18.1. The summed E-state index contributed by atoms with van der Waals surface area (Å²) < 4.78 is 6.02. The number of ether oxygens (including phenoxy) is 1. The fourth-order valence-electron chi connectivity index (χ4n) is 10.3. The van der Waals surface area contributed by atoms with Gasteiger partial charge in [-0.3, -0.25) is 63.4 Å². The summed E-state index contributed by atoms with van der Waals surface area (Å²) in [6, 6.07) is -1.36. The van der Waals surface area contributed by atoms with Crippen molar-refractivity contribution in [2.75, 3.05) is 26.3 Å². The quantitative estimate of drug-likeness (QED) is 0.0134. The molecular formula is C59H85ClN18O14. The van der Waals surface area contributed by atoms with Gasteiger partial charge in [-0.25, -0.2) is 15.2 Å². The molecule has 2 fully saturated rings. The van der Waals surface area contributed by atoms with Gasteiger partial charge in [0.05, 0.1) is 24.9 Å². The number of aromatic amines is 1. The molecule has 0 saturated carbocycles. The van der Waals surface area contributed by atoms with Gasteiger partial charge in [-0.05, 0) is 94.5 Å². The Morgan fingerprint density at radius 2 is 1.36 bits per heavy atom. The van der Waals surface area contributed by atoms with Crippen molar-refractivity contribution < 1.29 is 67.7 Å². The lowest BCUT2D eigenvalue weighted by atomic mass is 10.0. The van der Waals surface area contributed by atoms with E-state index in [9.17, 15) is 63.0 Å².